The quantitative estimate of drug-likeness (QED) is 0.903. The van der Waals surface area contributed by atoms with E-state index in [0.29, 0.717) is 29.3 Å². The topological polar surface area (TPSA) is 69.4 Å². The van der Waals surface area contributed by atoms with Crippen LogP contribution >= 0.6 is 11.8 Å². The van der Waals surface area contributed by atoms with Crippen LogP contribution in [0, 0.1) is 0 Å². The molecule has 118 valence electrons. The number of nitrogens with one attached hydrogen (secondary N) is 1. The molecular weight excluding hydrogens is 302 g/mol. The van der Waals surface area contributed by atoms with E-state index in [0.717, 1.165) is 30.0 Å². The SMILES string of the molecule is COc1ccc(-c2noc(CC3CSCCN3)n2)cc1OC. The molecule has 1 atom stereocenters. The summed E-state index contributed by atoms with van der Waals surface area (Å²) >= 11 is 1.95. The van der Waals surface area contributed by atoms with Crippen molar-refractivity contribution in [2.24, 2.45) is 0 Å². The van der Waals surface area contributed by atoms with Crippen molar-refractivity contribution in [1.29, 1.82) is 0 Å². The summed E-state index contributed by atoms with van der Waals surface area (Å²) in [6.07, 6.45) is 0.757. The minimum absolute atomic E-state index is 0.400. The van der Waals surface area contributed by atoms with Crippen LogP contribution in [-0.2, 0) is 6.42 Å². The lowest BCUT2D eigenvalue weighted by molar-refractivity contribution is 0.355. The van der Waals surface area contributed by atoms with Gasteiger partial charge in [-0.25, -0.2) is 0 Å². The molecular formula is C15H19N3O3S. The third-order valence-electron chi connectivity index (χ3n) is 3.53. The maximum Gasteiger partial charge on any atom is 0.228 e. The highest BCUT2D eigenvalue weighted by Crippen LogP contribution is 2.31. The molecule has 1 aromatic heterocycles. The Kier molecular flexibility index (Phi) is 4.84. The molecule has 0 saturated carbocycles. The largest absolute Gasteiger partial charge is 0.493 e. The number of hydrogen-bond donors (Lipinski definition) is 1. The second kappa shape index (κ2) is 7.02. The van der Waals surface area contributed by atoms with E-state index >= 15 is 0 Å². The van der Waals surface area contributed by atoms with Crippen LogP contribution in [0.25, 0.3) is 11.4 Å². The molecule has 0 spiro atoms. The van der Waals surface area contributed by atoms with E-state index in [1.807, 2.05) is 30.0 Å². The highest BCUT2D eigenvalue weighted by molar-refractivity contribution is 7.99. The first kappa shape index (κ1) is 15.2. The standard InChI is InChI=1S/C15H19N3O3S/c1-19-12-4-3-10(7-13(12)20-2)15-17-14(21-18-15)8-11-9-22-6-5-16-11/h3-4,7,11,16H,5-6,8-9H2,1-2H3. The highest BCUT2D eigenvalue weighted by Gasteiger charge is 2.18. The number of rotatable bonds is 5. The number of aromatic nitrogens is 2. The Morgan fingerprint density at radius 1 is 1.32 bits per heavy atom. The minimum atomic E-state index is 0.400. The first-order valence-corrected chi connectivity index (χ1v) is 8.31. The zero-order chi connectivity index (χ0) is 15.4. The van der Waals surface area contributed by atoms with Gasteiger partial charge in [-0.15, -0.1) is 0 Å². The summed E-state index contributed by atoms with van der Waals surface area (Å²) in [5.74, 6) is 4.80. The van der Waals surface area contributed by atoms with Crippen LogP contribution in [0.5, 0.6) is 11.5 Å². The fraction of sp³-hybridized carbons (Fsp3) is 0.467. The van der Waals surface area contributed by atoms with Gasteiger partial charge in [0.05, 0.1) is 14.2 Å². The fourth-order valence-corrected chi connectivity index (χ4v) is 3.34. The monoisotopic (exact) mass is 321 g/mol. The molecule has 1 fully saturated rings. The molecule has 22 heavy (non-hydrogen) atoms. The molecule has 3 rings (SSSR count). The summed E-state index contributed by atoms with van der Waals surface area (Å²) in [5.41, 5.74) is 0.846. The van der Waals surface area contributed by atoms with E-state index in [9.17, 15) is 0 Å². The van der Waals surface area contributed by atoms with Gasteiger partial charge in [0.25, 0.3) is 0 Å². The number of hydrogen-bond acceptors (Lipinski definition) is 7. The van der Waals surface area contributed by atoms with Crippen molar-refractivity contribution in [2.75, 3.05) is 32.3 Å². The summed E-state index contributed by atoms with van der Waals surface area (Å²) < 4.78 is 15.9. The van der Waals surface area contributed by atoms with Gasteiger partial charge in [-0.1, -0.05) is 5.16 Å². The summed E-state index contributed by atoms with van der Waals surface area (Å²) in [4.78, 5) is 4.48. The third kappa shape index (κ3) is 3.36. The Balaban J connectivity index is 1.75. The van der Waals surface area contributed by atoms with Crippen molar-refractivity contribution in [3.8, 4) is 22.9 Å². The Labute approximate surface area is 133 Å². The molecule has 1 aliphatic rings. The number of thioether (sulfide) groups is 1. The maximum absolute atomic E-state index is 5.37. The van der Waals surface area contributed by atoms with E-state index in [1.165, 1.54) is 0 Å². The Morgan fingerprint density at radius 3 is 2.91 bits per heavy atom. The van der Waals surface area contributed by atoms with E-state index in [4.69, 9.17) is 14.0 Å². The molecule has 2 heterocycles. The van der Waals surface area contributed by atoms with E-state index in [1.54, 1.807) is 14.2 Å². The number of ether oxygens (including phenoxy) is 2. The second-order valence-corrected chi connectivity index (χ2v) is 6.16. The van der Waals surface area contributed by atoms with Crippen molar-refractivity contribution in [3.05, 3.63) is 24.1 Å². The second-order valence-electron chi connectivity index (χ2n) is 5.01. The zero-order valence-corrected chi connectivity index (χ0v) is 13.5. The average molecular weight is 321 g/mol. The van der Waals surface area contributed by atoms with Gasteiger partial charge in [0.1, 0.15) is 0 Å². The molecule has 1 unspecified atom stereocenters. The van der Waals surface area contributed by atoms with Crippen LogP contribution in [0.4, 0.5) is 0 Å². The van der Waals surface area contributed by atoms with Gasteiger partial charge < -0.3 is 19.3 Å². The lowest BCUT2D eigenvalue weighted by Gasteiger charge is -2.21. The summed E-state index contributed by atoms with van der Waals surface area (Å²) in [6.45, 7) is 1.03. The predicted molar refractivity (Wildman–Crippen MR) is 85.7 cm³/mol. The number of nitrogens with zero attached hydrogens (tertiary/aromatic N) is 2. The van der Waals surface area contributed by atoms with Gasteiger partial charge >= 0.3 is 0 Å². The van der Waals surface area contributed by atoms with Crippen molar-refractivity contribution < 1.29 is 14.0 Å². The van der Waals surface area contributed by atoms with Gasteiger partial charge in [0.2, 0.25) is 11.7 Å². The van der Waals surface area contributed by atoms with E-state index in [2.05, 4.69) is 15.5 Å². The van der Waals surface area contributed by atoms with Gasteiger partial charge in [0, 0.05) is 36.1 Å². The van der Waals surface area contributed by atoms with Gasteiger partial charge in [-0.3, -0.25) is 0 Å². The van der Waals surface area contributed by atoms with Crippen LogP contribution in [0.3, 0.4) is 0 Å². The average Bonchev–Trinajstić information content (AvgIpc) is 3.03. The zero-order valence-electron chi connectivity index (χ0n) is 12.7. The minimum Gasteiger partial charge on any atom is -0.493 e. The van der Waals surface area contributed by atoms with E-state index < -0.39 is 0 Å². The van der Waals surface area contributed by atoms with Gasteiger partial charge in [-0.05, 0) is 18.2 Å². The molecule has 0 bridgehead atoms. The van der Waals surface area contributed by atoms with Crippen LogP contribution < -0.4 is 14.8 Å². The molecule has 6 nitrogen and oxygen atoms in total. The summed E-state index contributed by atoms with van der Waals surface area (Å²) in [6, 6.07) is 5.98. The van der Waals surface area contributed by atoms with E-state index in [-0.39, 0.29) is 0 Å². The van der Waals surface area contributed by atoms with Crippen LogP contribution in [-0.4, -0.2) is 48.5 Å². The van der Waals surface area contributed by atoms with Crippen LogP contribution in [0.2, 0.25) is 0 Å². The smallest absolute Gasteiger partial charge is 0.228 e. The summed E-state index contributed by atoms with van der Waals surface area (Å²) in [7, 11) is 3.22. The molecule has 2 aromatic rings. The molecule has 1 saturated heterocycles. The summed E-state index contributed by atoms with van der Waals surface area (Å²) in [5, 5.41) is 7.53. The van der Waals surface area contributed by atoms with Gasteiger partial charge in [-0.2, -0.15) is 16.7 Å². The molecule has 0 aliphatic carbocycles. The van der Waals surface area contributed by atoms with Crippen molar-refractivity contribution in [2.45, 2.75) is 12.5 Å². The first-order chi connectivity index (χ1) is 10.8. The lowest BCUT2D eigenvalue weighted by atomic mass is 10.2. The molecule has 7 heteroatoms. The molecule has 0 amide bonds. The van der Waals surface area contributed by atoms with Crippen molar-refractivity contribution in [1.82, 2.24) is 15.5 Å². The normalized spacial score (nSPS) is 18.2. The van der Waals surface area contributed by atoms with Crippen molar-refractivity contribution in [3.63, 3.8) is 0 Å². The predicted octanol–water partition coefficient (Wildman–Crippen LogP) is 2.00. The van der Waals surface area contributed by atoms with Crippen LogP contribution in [0.15, 0.2) is 22.7 Å². The molecule has 1 N–H and O–H groups in total. The Bertz CT molecular complexity index is 626. The first-order valence-electron chi connectivity index (χ1n) is 7.16. The third-order valence-corrected chi connectivity index (χ3v) is 4.66. The highest BCUT2D eigenvalue weighted by atomic mass is 32.2. The maximum atomic E-state index is 5.37. The van der Waals surface area contributed by atoms with Crippen LogP contribution in [0.1, 0.15) is 5.89 Å². The lowest BCUT2D eigenvalue weighted by Crippen LogP contribution is -2.38. The molecule has 1 aliphatic heterocycles. The number of methoxy groups -OCH3 is 2. The Hall–Kier alpha value is -1.73. The number of benzene rings is 1. The molecule has 0 radical (unpaired) electrons. The van der Waals surface area contributed by atoms with Gasteiger partial charge in [0.15, 0.2) is 11.5 Å². The fourth-order valence-electron chi connectivity index (χ4n) is 2.39. The Morgan fingerprint density at radius 2 is 2.18 bits per heavy atom. The van der Waals surface area contributed by atoms with Crippen molar-refractivity contribution >= 4 is 11.8 Å². The molecule has 1 aromatic carbocycles.